The molecule has 0 bridgehead atoms. The summed E-state index contributed by atoms with van der Waals surface area (Å²) in [6, 6.07) is 15.7. The van der Waals surface area contributed by atoms with Crippen molar-refractivity contribution in [3.05, 3.63) is 65.2 Å². The molecule has 2 aliphatic heterocycles. The lowest BCUT2D eigenvalue weighted by Crippen LogP contribution is -2.51. The van der Waals surface area contributed by atoms with Crippen LogP contribution < -0.4 is 0 Å². The molecule has 1 amide bonds. The Kier molecular flexibility index (Phi) is 6.98. The number of amides is 1. The second-order valence-corrected chi connectivity index (χ2v) is 10.9. The van der Waals surface area contributed by atoms with Gasteiger partial charge in [0.1, 0.15) is 0 Å². The van der Waals surface area contributed by atoms with Crippen molar-refractivity contribution in [1.82, 2.24) is 14.1 Å². The van der Waals surface area contributed by atoms with Crippen molar-refractivity contribution in [3.8, 4) is 0 Å². The van der Waals surface area contributed by atoms with Crippen LogP contribution in [0.2, 0.25) is 0 Å². The number of piperazine rings is 1. The summed E-state index contributed by atoms with van der Waals surface area (Å²) in [6.07, 6.45) is 1.18. The molecule has 0 aliphatic carbocycles. The van der Waals surface area contributed by atoms with Gasteiger partial charge in [-0.1, -0.05) is 36.4 Å². The van der Waals surface area contributed by atoms with E-state index in [1.165, 1.54) is 5.56 Å². The van der Waals surface area contributed by atoms with E-state index in [0.29, 0.717) is 30.8 Å². The van der Waals surface area contributed by atoms with Crippen molar-refractivity contribution in [2.75, 3.05) is 39.3 Å². The summed E-state index contributed by atoms with van der Waals surface area (Å²) in [6.45, 7) is 8.86. The highest BCUT2D eigenvalue weighted by Gasteiger charge is 2.34. The van der Waals surface area contributed by atoms with Crippen LogP contribution in [0.25, 0.3) is 0 Å². The number of carbonyl (C=O) groups excluding carboxylic acids is 1. The Balaban J connectivity index is 1.29. The molecule has 6 nitrogen and oxygen atoms in total. The standard InChI is InChI=1S/C25H33N3O3S/c1-20-8-9-24(18-21(20)2)32(30,31)28-12-10-23(11-13-28)25(29)27-16-14-26(15-17-27)19-22-6-4-3-5-7-22/h3-9,18,23H,10-17,19H2,1-2H3. The first kappa shape index (κ1) is 23.0. The molecule has 2 saturated heterocycles. The molecule has 0 atom stereocenters. The summed E-state index contributed by atoms with van der Waals surface area (Å²) in [5.74, 6) is 0.106. The number of piperidine rings is 1. The van der Waals surface area contributed by atoms with E-state index in [1.54, 1.807) is 16.4 Å². The first-order chi connectivity index (χ1) is 15.3. The maximum Gasteiger partial charge on any atom is 0.243 e. The van der Waals surface area contributed by atoms with Crippen molar-refractivity contribution in [2.24, 2.45) is 5.92 Å². The molecule has 0 unspecified atom stereocenters. The Bertz CT molecular complexity index is 1040. The SMILES string of the molecule is Cc1ccc(S(=O)(=O)N2CCC(C(=O)N3CCN(Cc4ccccc4)CC3)CC2)cc1C. The van der Waals surface area contributed by atoms with E-state index in [2.05, 4.69) is 29.2 Å². The number of hydrogen-bond acceptors (Lipinski definition) is 4. The minimum Gasteiger partial charge on any atom is -0.340 e. The van der Waals surface area contributed by atoms with Crippen molar-refractivity contribution < 1.29 is 13.2 Å². The van der Waals surface area contributed by atoms with E-state index in [0.717, 1.165) is 43.9 Å². The Morgan fingerprint density at radius 3 is 2.16 bits per heavy atom. The fourth-order valence-corrected chi connectivity index (χ4v) is 6.15. The third kappa shape index (κ3) is 5.05. The number of carbonyl (C=O) groups is 1. The molecule has 172 valence electrons. The summed E-state index contributed by atoms with van der Waals surface area (Å²) < 4.78 is 27.6. The predicted octanol–water partition coefficient (Wildman–Crippen LogP) is 3.05. The fourth-order valence-electron chi connectivity index (χ4n) is 4.59. The van der Waals surface area contributed by atoms with Crippen molar-refractivity contribution >= 4 is 15.9 Å². The smallest absolute Gasteiger partial charge is 0.243 e. The normalized spacial score (nSPS) is 19.2. The number of rotatable bonds is 5. The lowest BCUT2D eigenvalue weighted by molar-refractivity contribution is -0.138. The number of benzene rings is 2. The Morgan fingerprint density at radius 2 is 1.53 bits per heavy atom. The summed E-state index contributed by atoms with van der Waals surface area (Å²) in [5, 5.41) is 0. The number of aryl methyl sites for hydroxylation is 2. The van der Waals surface area contributed by atoms with Gasteiger partial charge < -0.3 is 4.90 Å². The maximum atomic E-state index is 13.1. The largest absolute Gasteiger partial charge is 0.340 e. The van der Waals surface area contributed by atoms with Gasteiger partial charge in [-0.15, -0.1) is 0 Å². The Morgan fingerprint density at radius 1 is 0.875 bits per heavy atom. The molecule has 7 heteroatoms. The molecular weight excluding hydrogens is 422 g/mol. The van der Waals surface area contributed by atoms with E-state index < -0.39 is 10.0 Å². The van der Waals surface area contributed by atoms with Gasteiger partial charge in [0.15, 0.2) is 0 Å². The van der Waals surface area contributed by atoms with Crippen LogP contribution in [0.15, 0.2) is 53.4 Å². The van der Waals surface area contributed by atoms with Crippen LogP contribution in [0.1, 0.15) is 29.5 Å². The lowest BCUT2D eigenvalue weighted by Gasteiger charge is -2.38. The molecule has 0 spiro atoms. The van der Waals surface area contributed by atoms with Gasteiger partial charge in [-0.2, -0.15) is 4.31 Å². The van der Waals surface area contributed by atoms with Gasteiger partial charge in [-0.3, -0.25) is 9.69 Å². The summed E-state index contributed by atoms with van der Waals surface area (Å²) in [5.41, 5.74) is 3.35. The molecule has 2 aliphatic rings. The zero-order chi connectivity index (χ0) is 22.7. The van der Waals surface area contributed by atoms with Crippen LogP contribution in [0.3, 0.4) is 0 Å². The number of nitrogens with zero attached hydrogens (tertiary/aromatic N) is 3. The average Bonchev–Trinajstić information content (AvgIpc) is 2.81. The van der Waals surface area contributed by atoms with Crippen LogP contribution in [0, 0.1) is 19.8 Å². The van der Waals surface area contributed by atoms with E-state index in [-0.39, 0.29) is 11.8 Å². The fraction of sp³-hybridized carbons (Fsp3) is 0.480. The zero-order valence-corrected chi connectivity index (χ0v) is 19.9. The second-order valence-electron chi connectivity index (χ2n) is 9.01. The molecule has 0 N–H and O–H groups in total. The molecule has 0 saturated carbocycles. The predicted molar refractivity (Wildman–Crippen MR) is 126 cm³/mol. The monoisotopic (exact) mass is 455 g/mol. The third-order valence-corrected chi connectivity index (χ3v) is 8.75. The molecule has 0 aromatic heterocycles. The Hall–Kier alpha value is -2.22. The maximum absolute atomic E-state index is 13.1. The van der Waals surface area contributed by atoms with Gasteiger partial charge >= 0.3 is 0 Å². The quantitative estimate of drug-likeness (QED) is 0.695. The van der Waals surface area contributed by atoms with Crippen molar-refractivity contribution in [1.29, 1.82) is 0 Å². The topological polar surface area (TPSA) is 60.9 Å². The van der Waals surface area contributed by atoms with Crippen molar-refractivity contribution in [3.63, 3.8) is 0 Å². The average molecular weight is 456 g/mol. The van der Waals surface area contributed by atoms with E-state index in [1.807, 2.05) is 30.9 Å². The molecule has 4 rings (SSSR count). The highest BCUT2D eigenvalue weighted by Crippen LogP contribution is 2.26. The highest BCUT2D eigenvalue weighted by atomic mass is 32.2. The number of sulfonamides is 1. The van der Waals surface area contributed by atoms with E-state index >= 15 is 0 Å². The van der Waals surface area contributed by atoms with Crippen LogP contribution in [-0.4, -0.2) is 67.7 Å². The van der Waals surface area contributed by atoms with Crippen molar-refractivity contribution in [2.45, 2.75) is 38.1 Å². The molecule has 32 heavy (non-hydrogen) atoms. The number of hydrogen-bond donors (Lipinski definition) is 0. The highest BCUT2D eigenvalue weighted by molar-refractivity contribution is 7.89. The van der Waals surface area contributed by atoms with E-state index in [9.17, 15) is 13.2 Å². The van der Waals surface area contributed by atoms with Crippen LogP contribution in [0.5, 0.6) is 0 Å². The molecule has 2 aromatic carbocycles. The lowest BCUT2D eigenvalue weighted by atomic mass is 9.96. The van der Waals surface area contributed by atoms with Gasteiger partial charge in [-0.05, 0) is 55.5 Å². The summed E-state index contributed by atoms with van der Waals surface area (Å²) in [7, 11) is -3.51. The summed E-state index contributed by atoms with van der Waals surface area (Å²) >= 11 is 0. The Labute approximate surface area is 191 Å². The minimum absolute atomic E-state index is 0.0816. The molecule has 2 fully saturated rings. The molecular formula is C25H33N3O3S. The van der Waals surface area contributed by atoms with Gasteiger partial charge in [-0.25, -0.2) is 8.42 Å². The minimum atomic E-state index is -3.51. The third-order valence-electron chi connectivity index (χ3n) is 6.85. The first-order valence-electron chi connectivity index (χ1n) is 11.5. The van der Waals surface area contributed by atoms with Gasteiger partial charge in [0, 0.05) is 51.7 Å². The summed E-state index contributed by atoms with van der Waals surface area (Å²) in [4.78, 5) is 17.8. The second kappa shape index (κ2) is 9.73. The van der Waals surface area contributed by atoms with Gasteiger partial charge in [0.2, 0.25) is 15.9 Å². The van der Waals surface area contributed by atoms with Gasteiger partial charge in [0.25, 0.3) is 0 Å². The molecule has 2 aromatic rings. The molecule has 0 radical (unpaired) electrons. The van der Waals surface area contributed by atoms with E-state index in [4.69, 9.17) is 0 Å². The van der Waals surface area contributed by atoms with Crippen LogP contribution in [-0.2, 0) is 21.4 Å². The molecule has 2 heterocycles. The van der Waals surface area contributed by atoms with Crippen LogP contribution in [0.4, 0.5) is 0 Å². The van der Waals surface area contributed by atoms with Gasteiger partial charge in [0.05, 0.1) is 4.90 Å². The zero-order valence-electron chi connectivity index (χ0n) is 19.0. The first-order valence-corrected chi connectivity index (χ1v) is 12.9. The van der Waals surface area contributed by atoms with Crippen LogP contribution >= 0.6 is 0 Å².